The molecule has 0 radical (unpaired) electrons. The number of hydrogen-bond donors (Lipinski definition) is 1. The van der Waals surface area contributed by atoms with Crippen LogP contribution in [-0.2, 0) is 6.61 Å². The maximum Gasteiger partial charge on any atom is 0.288 e. The van der Waals surface area contributed by atoms with Crippen LogP contribution in [0.25, 0.3) is 11.1 Å². The van der Waals surface area contributed by atoms with E-state index < -0.39 is 4.92 Å². The van der Waals surface area contributed by atoms with Crippen molar-refractivity contribution in [1.29, 1.82) is 0 Å². The van der Waals surface area contributed by atoms with Crippen LogP contribution in [0, 0.1) is 10.1 Å². The van der Waals surface area contributed by atoms with Crippen LogP contribution in [0.1, 0.15) is 5.56 Å². The van der Waals surface area contributed by atoms with Crippen molar-refractivity contribution in [3.63, 3.8) is 0 Å². The Kier molecular flexibility index (Phi) is 3.60. The first-order valence-corrected chi connectivity index (χ1v) is 5.63. The minimum atomic E-state index is -0.512. The fourth-order valence-electron chi connectivity index (χ4n) is 1.68. The summed E-state index contributed by atoms with van der Waals surface area (Å²) in [5, 5.41) is 20.0. The molecule has 0 saturated heterocycles. The zero-order valence-corrected chi connectivity index (χ0v) is 10.1. The lowest BCUT2D eigenvalue weighted by molar-refractivity contribution is -0.384. The van der Waals surface area contributed by atoms with Crippen LogP contribution in [0.2, 0.25) is 5.02 Å². The second kappa shape index (κ2) is 5.16. The average molecular weight is 264 g/mol. The molecule has 2 aromatic rings. The van der Waals surface area contributed by atoms with E-state index in [9.17, 15) is 10.1 Å². The third-order valence-corrected chi connectivity index (χ3v) is 2.91. The summed E-state index contributed by atoms with van der Waals surface area (Å²) >= 11 is 5.76. The SMILES string of the molecule is O=[N+]([O-])c1cc(-c2cccc(CO)c2)ccc1Cl. The molecule has 0 saturated carbocycles. The minimum absolute atomic E-state index is 0.0659. The number of aliphatic hydroxyl groups is 1. The van der Waals surface area contributed by atoms with Gasteiger partial charge in [0.25, 0.3) is 5.69 Å². The second-order valence-corrected chi connectivity index (χ2v) is 4.19. The molecule has 92 valence electrons. The molecule has 2 aromatic carbocycles. The molecule has 0 unspecified atom stereocenters. The normalized spacial score (nSPS) is 10.3. The lowest BCUT2D eigenvalue weighted by Gasteiger charge is -2.04. The van der Waals surface area contributed by atoms with Crippen molar-refractivity contribution in [3.8, 4) is 11.1 Å². The highest BCUT2D eigenvalue weighted by Crippen LogP contribution is 2.30. The van der Waals surface area contributed by atoms with E-state index in [0.29, 0.717) is 5.56 Å². The number of aliphatic hydroxyl groups excluding tert-OH is 1. The van der Waals surface area contributed by atoms with Crippen molar-refractivity contribution in [2.24, 2.45) is 0 Å². The summed E-state index contributed by atoms with van der Waals surface area (Å²) in [6.45, 7) is -0.0659. The van der Waals surface area contributed by atoms with Gasteiger partial charge in [-0.15, -0.1) is 0 Å². The molecule has 0 atom stereocenters. The number of hydrogen-bond acceptors (Lipinski definition) is 3. The van der Waals surface area contributed by atoms with E-state index >= 15 is 0 Å². The van der Waals surface area contributed by atoms with Gasteiger partial charge < -0.3 is 5.11 Å². The summed E-state index contributed by atoms with van der Waals surface area (Å²) in [5.41, 5.74) is 2.14. The van der Waals surface area contributed by atoms with Gasteiger partial charge in [-0.25, -0.2) is 0 Å². The number of halogens is 1. The zero-order chi connectivity index (χ0) is 13.1. The molecule has 18 heavy (non-hydrogen) atoms. The number of nitrogens with zero attached hydrogens (tertiary/aromatic N) is 1. The van der Waals surface area contributed by atoms with Crippen molar-refractivity contribution in [1.82, 2.24) is 0 Å². The number of benzene rings is 2. The van der Waals surface area contributed by atoms with Gasteiger partial charge >= 0.3 is 0 Å². The number of nitro benzene ring substituents is 1. The highest BCUT2D eigenvalue weighted by molar-refractivity contribution is 6.32. The van der Waals surface area contributed by atoms with Crippen LogP contribution < -0.4 is 0 Å². The van der Waals surface area contributed by atoms with Gasteiger partial charge in [-0.3, -0.25) is 10.1 Å². The van der Waals surface area contributed by atoms with Crippen LogP contribution in [0.5, 0.6) is 0 Å². The lowest BCUT2D eigenvalue weighted by Crippen LogP contribution is -1.90. The summed E-state index contributed by atoms with van der Waals surface area (Å²) in [7, 11) is 0. The lowest BCUT2D eigenvalue weighted by atomic mass is 10.0. The zero-order valence-electron chi connectivity index (χ0n) is 9.34. The number of nitro groups is 1. The first-order chi connectivity index (χ1) is 8.61. The average Bonchev–Trinajstić information content (AvgIpc) is 2.39. The van der Waals surface area contributed by atoms with Gasteiger partial charge in [0, 0.05) is 6.07 Å². The molecule has 0 aliphatic heterocycles. The fraction of sp³-hybridized carbons (Fsp3) is 0.0769. The molecule has 4 nitrogen and oxygen atoms in total. The molecular weight excluding hydrogens is 254 g/mol. The van der Waals surface area contributed by atoms with Gasteiger partial charge in [-0.05, 0) is 28.8 Å². The van der Waals surface area contributed by atoms with E-state index in [1.807, 2.05) is 6.07 Å². The largest absolute Gasteiger partial charge is 0.392 e. The third kappa shape index (κ3) is 2.50. The van der Waals surface area contributed by atoms with Crippen molar-refractivity contribution in [3.05, 3.63) is 63.2 Å². The molecule has 5 heteroatoms. The Morgan fingerprint density at radius 3 is 2.56 bits per heavy atom. The van der Waals surface area contributed by atoms with Gasteiger partial charge in [0.05, 0.1) is 11.5 Å². The molecule has 0 amide bonds. The highest BCUT2D eigenvalue weighted by atomic mass is 35.5. The van der Waals surface area contributed by atoms with E-state index in [1.165, 1.54) is 12.1 Å². The third-order valence-electron chi connectivity index (χ3n) is 2.59. The van der Waals surface area contributed by atoms with Crippen molar-refractivity contribution in [2.75, 3.05) is 0 Å². The Morgan fingerprint density at radius 1 is 1.17 bits per heavy atom. The van der Waals surface area contributed by atoms with Crippen LogP contribution in [0.4, 0.5) is 5.69 Å². The van der Waals surface area contributed by atoms with Gasteiger partial charge in [0.15, 0.2) is 0 Å². The Labute approximate surface area is 109 Å². The molecule has 2 rings (SSSR count). The Morgan fingerprint density at radius 2 is 1.89 bits per heavy atom. The first kappa shape index (κ1) is 12.5. The van der Waals surface area contributed by atoms with Crippen molar-refractivity contribution in [2.45, 2.75) is 6.61 Å². The Hall–Kier alpha value is -1.91. The van der Waals surface area contributed by atoms with Gasteiger partial charge in [0.1, 0.15) is 5.02 Å². The molecule has 0 aromatic heterocycles. The summed E-state index contributed by atoms with van der Waals surface area (Å²) in [4.78, 5) is 10.3. The summed E-state index contributed by atoms with van der Waals surface area (Å²) < 4.78 is 0. The molecular formula is C13H10ClNO3. The predicted molar refractivity (Wildman–Crippen MR) is 69.5 cm³/mol. The van der Waals surface area contributed by atoms with E-state index in [0.717, 1.165) is 11.1 Å². The molecule has 1 N–H and O–H groups in total. The van der Waals surface area contributed by atoms with Crippen molar-refractivity contribution < 1.29 is 10.0 Å². The molecule has 0 aliphatic carbocycles. The van der Waals surface area contributed by atoms with E-state index in [4.69, 9.17) is 16.7 Å². The van der Waals surface area contributed by atoms with E-state index in [-0.39, 0.29) is 17.3 Å². The number of rotatable bonds is 3. The van der Waals surface area contributed by atoms with Crippen molar-refractivity contribution >= 4 is 17.3 Å². The van der Waals surface area contributed by atoms with Gasteiger partial charge in [0.2, 0.25) is 0 Å². The first-order valence-electron chi connectivity index (χ1n) is 5.26. The maximum atomic E-state index is 10.8. The van der Waals surface area contributed by atoms with Gasteiger partial charge in [-0.1, -0.05) is 35.9 Å². The monoisotopic (exact) mass is 263 g/mol. The van der Waals surface area contributed by atoms with Crippen LogP contribution in [0.15, 0.2) is 42.5 Å². The minimum Gasteiger partial charge on any atom is -0.392 e. The molecule has 0 fully saturated rings. The fourth-order valence-corrected chi connectivity index (χ4v) is 1.87. The van der Waals surface area contributed by atoms with E-state index in [1.54, 1.807) is 24.3 Å². The molecule has 0 heterocycles. The molecule has 0 aliphatic rings. The highest BCUT2D eigenvalue weighted by Gasteiger charge is 2.13. The smallest absolute Gasteiger partial charge is 0.288 e. The van der Waals surface area contributed by atoms with Crippen LogP contribution >= 0.6 is 11.6 Å². The molecule has 0 spiro atoms. The summed E-state index contributed by atoms with van der Waals surface area (Å²) in [6, 6.07) is 11.8. The standard InChI is InChI=1S/C13H10ClNO3/c14-12-5-4-11(7-13(12)15(17)18)10-3-1-2-9(6-10)8-16/h1-7,16H,8H2. The second-order valence-electron chi connectivity index (χ2n) is 3.78. The predicted octanol–water partition coefficient (Wildman–Crippen LogP) is 3.41. The summed E-state index contributed by atoms with van der Waals surface area (Å²) in [5.74, 6) is 0. The summed E-state index contributed by atoms with van der Waals surface area (Å²) in [6.07, 6.45) is 0. The quantitative estimate of drug-likeness (QED) is 0.682. The topological polar surface area (TPSA) is 63.4 Å². The van der Waals surface area contributed by atoms with E-state index in [2.05, 4.69) is 0 Å². The van der Waals surface area contributed by atoms with Gasteiger partial charge in [-0.2, -0.15) is 0 Å². The van der Waals surface area contributed by atoms with Crippen LogP contribution in [-0.4, -0.2) is 10.0 Å². The Bertz CT molecular complexity index is 599. The Balaban J connectivity index is 2.50. The maximum absolute atomic E-state index is 10.8. The molecule has 0 bridgehead atoms. The van der Waals surface area contributed by atoms with Crippen LogP contribution in [0.3, 0.4) is 0 Å².